The highest BCUT2D eigenvalue weighted by Gasteiger charge is 2.29. The van der Waals surface area contributed by atoms with Gasteiger partial charge in [-0.3, -0.25) is 4.79 Å². The molecule has 0 fully saturated rings. The molecule has 0 aliphatic heterocycles. The maximum absolute atomic E-state index is 11.9. The third kappa shape index (κ3) is 3.56. The predicted molar refractivity (Wildman–Crippen MR) is 84.5 cm³/mol. The second-order valence-corrected chi connectivity index (χ2v) is 6.35. The lowest BCUT2D eigenvalue weighted by Crippen LogP contribution is -2.43. The molecule has 0 spiro atoms. The molecule has 1 aliphatic rings. The molecule has 1 amide bonds. The number of rotatable bonds is 5. The van der Waals surface area contributed by atoms with E-state index in [1.807, 2.05) is 19.9 Å². The minimum Gasteiger partial charge on any atom is -0.497 e. The Bertz CT molecular complexity index is 512. The van der Waals surface area contributed by atoms with E-state index in [4.69, 9.17) is 4.74 Å². The Morgan fingerprint density at radius 3 is 2.86 bits per heavy atom. The molecular weight excluding hydrogens is 264 g/mol. The van der Waals surface area contributed by atoms with Crippen LogP contribution in [-0.2, 0) is 11.2 Å². The summed E-state index contributed by atoms with van der Waals surface area (Å²) in [6.45, 7) is 4.59. The van der Waals surface area contributed by atoms with Crippen molar-refractivity contribution in [1.29, 1.82) is 0 Å². The Kier molecular flexibility index (Phi) is 4.88. The van der Waals surface area contributed by atoms with Crippen LogP contribution in [0.1, 0.15) is 43.9 Å². The highest BCUT2D eigenvalue weighted by Crippen LogP contribution is 2.33. The second-order valence-electron chi connectivity index (χ2n) is 6.35. The van der Waals surface area contributed by atoms with Gasteiger partial charge in [-0.25, -0.2) is 0 Å². The van der Waals surface area contributed by atoms with E-state index in [9.17, 15) is 4.79 Å². The largest absolute Gasteiger partial charge is 0.497 e. The second kappa shape index (κ2) is 6.48. The normalized spacial score (nSPS) is 18.0. The van der Waals surface area contributed by atoms with E-state index in [-0.39, 0.29) is 5.91 Å². The summed E-state index contributed by atoms with van der Waals surface area (Å²) in [7, 11) is 3.38. The molecule has 1 unspecified atom stereocenters. The van der Waals surface area contributed by atoms with E-state index in [0.29, 0.717) is 12.6 Å². The number of carbonyl (C=O) groups excluding carboxylic acids is 1. The standard InChI is InChI=1S/C17H26N2O2/c1-17(2,16(20)18-3)11-19-15-7-5-6-12-8-9-13(21-4)10-14(12)15/h8-10,15,19H,5-7,11H2,1-4H3,(H,18,20). The monoisotopic (exact) mass is 290 g/mol. The van der Waals surface area contributed by atoms with E-state index >= 15 is 0 Å². The molecule has 0 bridgehead atoms. The quantitative estimate of drug-likeness (QED) is 0.875. The van der Waals surface area contributed by atoms with Gasteiger partial charge in [0.25, 0.3) is 0 Å². The maximum atomic E-state index is 11.9. The van der Waals surface area contributed by atoms with Crippen molar-refractivity contribution in [3.05, 3.63) is 29.3 Å². The summed E-state index contributed by atoms with van der Waals surface area (Å²) in [5.41, 5.74) is 2.29. The molecule has 116 valence electrons. The minimum absolute atomic E-state index is 0.0664. The average molecular weight is 290 g/mol. The zero-order valence-corrected chi connectivity index (χ0v) is 13.5. The van der Waals surface area contributed by atoms with E-state index in [0.717, 1.165) is 18.6 Å². The van der Waals surface area contributed by atoms with Gasteiger partial charge in [0.1, 0.15) is 5.75 Å². The Morgan fingerprint density at radius 1 is 1.43 bits per heavy atom. The number of ether oxygens (including phenoxy) is 1. The number of aryl methyl sites for hydroxylation is 1. The molecule has 1 aromatic rings. The fourth-order valence-corrected chi connectivity index (χ4v) is 2.91. The van der Waals surface area contributed by atoms with Gasteiger partial charge in [-0.2, -0.15) is 0 Å². The van der Waals surface area contributed by atoms with Crippen LogP contribution in [0, 0.1) is 5.41 Å². The van der Waals surface area contributed by atoms with E-state index in [1.165, 1.54) is 17.5 Å². The fraction of sp³-hybridized carbons (Fsp3) is 0.588. The van der Waals surface area contributed by atoms with E-state index in [2.05, 4.69) is 22.8 Å². The average Bonchev–Trinajstić information content (AvgIpc) is 2.51. The molecule has 0 saturated heterocycles. The summed E-state index contributed by atoms with van der Waals surface area (Å²) < 4.78 is 5.34. The Hall–Kier alpha value is -1.55. The summed E-state index contributed by atoms with van der Waals surface area (Å²) >= 11 is 0. The van der Waals surface area contributed by atoms with Gasteiger partial charge in [0.2, 0.25) is 5.91 Å². The van der Waals surface area contributed by atoms with Crippen molar-refractivity contribution in [2.45, 2.75) is 39.2 Å². The summed E-state index contributed by atoms with van der Waals surface area (Å²) in [6, 6.07) is 6.61. The van der Waals surface area contributed by atoms with E-state index in [1.54, 1.807) is 14.2 Å². The molecule has 1 aromatic carbocycles. The van der Waals surface area contributed by atoms with Crippen LogP contribution < -0.4 is 15.4 Å². The Balaban J connectivity index is 2.11. The van der Waals surface area contributed by atoms with Gasteiger partial charge in [0, 0.05) is 19.6 Å². The van der Waals surface area contributed by atoms with Gasteiger partial charge in [-0.15, -0.1) is 0 Å². The van der Waals surface area contributed by atoms with Gasteiger partial charge in [-0.1, -0.05) is 6.07 Å². The lowest BCUT2D eigenvalue weighted by atomic mass is 9.86. The van der Waals surface area contributed by atoms with Crippen molar-refractivity contribution in [3.8, 4) is 5.75 Å². The van der Waals surface area contributed by atoms with Crippen LogP contribution in [0.5, 0.6) is 5.75 Å². The zero-order chi connectivity index (χ0) is 15.5. The predicted octanol–water partition coefficient (Wildman–Crippen LogP) is 2.43. The number of hydrogen-bond donors (Lipinski definition) is 2. The van der Waals surface area contributed by atoms with Crippen molar-refractivity contribution in [3.63, 3.8) is 0 Å². The van der Waals surface area contributed by atoms with Gasteiger partial charge in [-0.05, 0) is 56.4 Å². The van der Waals surface area contributed by atoms with Gasteiger partial charge in [0.15, 0.2) is 0 Å². The summed E-state index contributed by atoms with van der Waals surface area (Å²) in [5.74, 6) is 0.963. The zero-order valence-electron chi connectivity index (χ0n) is 13.5. The Morgan fingerprint density at radius 2 is 2.19 bits per heavy atom. The fourth-order valence-electron chi connectivity index (χ4n) is 2.91. The van der Waals surface area contributed by atoms with Crippen molar-refractivity contribution < 1.29 is 9.53 Å². The number of nitrogens with one attached hydrogen (secondary N) is 2. The molecule has 0 aromatic heterocycles. The third-order valence-corrected chi connectivity index (χ3v) is 4.30. The van der Waals surface area contributed by atoms with Crippen molar-refractivity contribution >= 4 is 5.91 Å². The molecule has 0 saturated carbocycles. The molecular formula is C17H26N2O2. The van der Waals surface area contributed by atoms with Crippen LogP contribution in [0.25, 0.3) is 0 Å². The minimum atomic E-state index is -0.411. The lowest BCUT2D eigenvalue weighted by molar-refractivity contribution is -0.128. The first-order valence-electron chi connectivity index (χ1n) is 7.60. The molecule has 2 N–H and O–H groups in total. The lowest BCUT2D eigenvalue weighted by Gasteiger charge is -2.31. The number of benzene rings is 1. The molecule has 0 heterocycles. The highest BCUT2D eigenvalue weighted by atomic mass is 16.5. The molecule has 1 atom stereocenters. The molecule has 4 heteroatoms. The molecule has 2 rings (SSSR count). The maximum Gasteiger partial charge on any atom is 0.226 e. The number of hydrogen-bond acceptors (Lipinski definition) is 3. The topological polar surface area (TPSA) is 50.4 Å². The number of methoxy groups -OCH3 is 1. The first-order valence-corrected chi connectivity index (χ1v) is 7.60. The number of amides is 1. The van der Waals surface area contributed by atoms with Crippen LogP contribution >= 0.6 is 0 Å². The van der Waals surface area contributed by atoms with Gasteiger partial charge < -0.3 is 15.4 Å². The third-order valence-electron chi connectivity index (χ3n) is 4.30. The highest BCUT2D eigenvalue weighted by molar-refractivity contribution is 5.81. The summed E-state index contributed by atoms with van der Waals surface area (Å²) in [6.07, 6.45) is 3.40. The van der Waals surface area contributed by atoms with Gasteiger partial charge in [0.05, 0.1) is 12.5 Å². The van der Waals surface area contributed by atoms with Gasteiger partial charge >= 0.3 is 0 Å². The van der Waals surface area contributed by atoms with Crippen molar-refractivity contribution in [2.24, 2.45) is 5.41 Å². The smallest absolute Gasteiger partial charge is 0.226 e. The van der Waals surface area contributed by atoms with Crippen molar-refractivity contribution in [1.82, 2.24) is 10.6 Å². The number of carbonyl (C=O) groups is 1. The number of fused-ring (bicyclic) bond motifs is 1. The van der Waals surface area contributed by atoms with Crippen LogP contribution in [-0.4, -0.2) is 26.6 Å². The van der Waals surface area contributed by atoms with Crippen molar-refractivity contribution in [2.75, 3.05) is 20.7 Å². The SMILES string of the molecule is CNC(=O)C(C)(C)CNC1CCCc2ccc(OC)cc21. The van der Waals surface area contributed by atoms with Crippen LogP contribution in [0.15, 0.2) is 18.2 Å². The molecule has 1 aliphatic carbocycles. The molecule has 21 heavy (non-hydrogen) atoms. The van der Waals surface area contributed by atoms with Crippen LogP contribution in [0.4, 0.5) is 0 Å². The summed E-state index contributed by atoms with van der Waals surface area (Å²) in [4.78, 5) is 11.9. The van der Waals surface area contributed by atoms with Crippen LogP contribution in [0.2, 0.25) is 0 Å². The first-order chi connectivity index (χ1) is 9.97. The first kappa shape index (κ1) is 15.8. The molecule has 0 radical (unpaired) electrons. The Labute approximate surface area is 127 Å². The van der Waals surface area contributed by atoms with Crippen LogP contribution in [0.3, 0.4) is 0 Å². The summed E-state index contributed by atoms with van der Waals surface area (Å²) in [5, 5.41) is 6.30. The molecule has 4 nitrogen and oxygen atoms in total. The van der Waals surface area contributed by atoms with E-state index < -0.39 is 5.41 Å².